The molecule has 0 bridgehead atoms. The summed E-state index contributed by atoms with van der Waals surface area (Å²) in [7, 11) is 1.76. The summed E-state index contributed by atoms with van der Waals surface area (Å²) in [6.45, 7) is 6.84. The molecule has 148 valence electrons. The van der Waals surface area contributed by atoms with Gasteiger partial charge in [-0.2, -0.15) is 0 Å². The normalized spacial score (nSPS) is 12.2. The number of rotatable bonds is 5. The summed E-state index contributed by atoms with van der Waals surface area (Å²) in [6.07, 6.45) is 1.68. The van der Waals surface area contributed by atoms with Crippen LogP contribution in [0.2, 0.25) is 0 Å². The van der Waals surface area contributed by atoms with Crippen molar-refractivity contribution >= 4 is 29.9 Å². The second-order valence-electron chi connectivity index (χ2n) is 6.66. The fourth-order valence-electron chi connectivity index (χ4n) is 2.94. The molecule has 0 aliphatic carbocycles. The van der Waals surface area contributed by atoms with Gasteiger partial charge in [0.25, 0.3) is 0 Å². The number of halogens is 1. The molecule has 0 amide bonds. The standard InChI is InChI=1S/C22H26N4O.HI/c1-15-9-11-18(12-10-15)21-26-19(14-27-21)13-24-22(23-4)25-17(3)20-8-6-5-7-16(20)2;/h5-12,14,17H,13H2,1-4H3,(H2,23,24,25);1H. The summed E-state index contributed by atoms with van der Waals surface area (Å²) in [5.74, 6) is 1.36. The van der Waals surface area contributed by atoms with Gasteiger partial charge in [-0.05, 0) is 44.0 Å². The lowest BCUT2D eigenvalue weighted by atomic mass is 10.0. The quantitative estimate of drug-likeness (QED) is 0.300. The molecular weight excluding hydrogens is 463 g/mol. The number of guanidine groups is 1. The zero-order valence-electron chi connectivity index (χ0n) is 16.7. The number of benzene rings is 2. The predicted octanol–water partition coefficient (Wildman–Crippen LogP) is 5.00. The van der Waals surface area contributed by atoms with Gasteiger partial charge in [-0.15, -0.1) is 24.0 Å². The zero-order chi connectivity index (χ0) is 19.2. The maximum Gasteiger partial charge on any atom is 0.226 e. The molecule has 28 heavy (non-hydrogen) atoms. The average molecular weight is 490 g/mol. The maximum atomic E-state index is 5.61. The Labute approximate surface area is 183 Å². The van der Waals surface area contributed by atoms with Crippen molar-refractivity contribution in [1.29, 1.82) is 0 Å². The van der Waals surface area contributed by atoms with Gasteiger partial charge in [-0.1, -0.05) is 42.0 Å². The Morgan fingerprint density at radius 1 is 1.11 bits per heavy atom. The molecule has 0 aliphatic heterocycles. The van der Waals surface area contributed by atoms with Crippen LogP contribution in [-0.4, -0.2) is 18.0 Å². The van der Waals surface area contributed by atoms with E-state index in [4.69, 9.17) is 4.42 Å². The first-order valence-electron chi connectivity index (χ1n) is 9.11. The van der Waals surface area contributed by atoms with Crippen LogP contribution in [0.3, 0.4) is 0 Å². The highest BCUT2D eigenvalue weighted by molar-refractivity contribution is 14.0. The number of aryl methyl sites for hydroxylation is 2. The number of aromatic nitrogens is 1. The first kappa shape index (κ1) is 21.9. The molecule has 0 aliphatic rings. The van der Waals surface area contributed by atoms with Crippen molar-refractivity contribution in [2.45, 2.75) is 33.4 Å². The van der Waals surface area contributed by atoms with Gasteiger partial charge in [0.2, 0.25) is 5.89 Å². The van der Waals surface area contributed by atoms with Gasteiger partial charge in [0.1, 0.15) is 6.26 Å². The van der Waals surface area contributed by atoms with Crippen LogP contribution >= 0.6 is 24.0 Å². The average Bonchev–Trinajstić information content (AvgIpc) is 3.15. The highest BCUT2D eigenvalue weighted by atomic mass is 127. The van der Waals surface area contributed by atoms with Crippen LogP contribution in [-0.2, 0) is 6.54 Å². The van der Waals surface area contributed by atoms with Crippen molar-refractivity contribution in [3.05, 3.63) is 77.2 Å². The molecular formula is C22H27IN4O. The highest BCUT2D eigenvalue weighted by Gasteiger charge is 2.11. The lowest BCUT2D eigenvalue weighted by Gasteiger charge is -2.19. The molecule has 1 unspecified atom stereocenters. The SMILES string of the molecule is CN=C(NCc1coc(-c2ccc(C)cc2)n1)NC(C)c1ccccc1C.I. The molecule has 3 aromatic rings. The fraction of sp³-hybridized carbons (Fsp3) is 0.273. The third-order valence-electron chi connectivity index (χ3n) is 4.52. The second kappa shape index (κ2) is 10.3. The third kappa shape index (κ3) is 5.58. The Bertz CT molecular complexity index is 918. The van der Waals surface area contributed by atoms with Gasteiger partial charge in [0, 0.05) is 12.6 Å². The predicted molar refractivity (Wildman–Crippen MR) is 125 cm³/mol. The zero-order valence-corrected chi connectivity index (χ0v) is 19.0. The number of oxazole rings is 1. The summed E-state index contributed by atoms with van der Waals surface area (Å²) in [6, 6.07) is 16.6. The van der Waals surface area contributed by atoms with E-state index in [2.05, 4.69) is 77.8 Å². The number of aliphatic imine (C=N–C) groups is 1. The monoisotopic (exact) mass is 490 g/mol. The summed E-state index contributed by atoms with van der Waals surface area (Å²) in [4.78, 5) is 8.86. The molecule has 0 saturated heterocycles. The Morgan fingerprint density at radius 2 is 1.82 bits per heavy atom. The van der Waals surface area contributed by atoms with Crippen LogP contribution in [0.1, 0.15) is 35.3 Å². The molecule has 2 N–H and O–H groups in total. The lowest BCUT2D eigenvalue weighted by molar-refractivity contribution is 0.572. The molecule has 0 spiro atoms. The molecule has 5 nitrogen and oxygen atoms in total. The smallest absolute Gasteiger partial charge is 0.226 e. The Hall–Kier alpha value is -2.35. The molecule has 1 aromatic heterocycles. The molecule has 2 aromatic carbocycles. The molecule has 1 heterocycles. The van der Waals surface area contributed by atoms with Gasteiger partial charge >= 0.3 is 0 Å². The Kier molecular flexibility index (Phi) is 8.04. The summed E-state index contributed by atoms with van der Waals surface area (Å²) < 4.78 is 5.61. The van der Waals surface area contributed by atoms with E-state index in [1.165, 1.54) is 16.7 Å². The minimum Gasteiger partial charge on any atom is -0.444 e. The third-order valence-corrected chi connectivity index (χ3v) is 4.52. The van der Waals surface area contributed by atoms with Crippen molar-refractivity contribution in [3.63, 3.8) is 0 Å². The van der Waals surface area contributed by atoms with E-state index in [0.717, 1.165) is 17.2 Å². The van der Waals surface area contributed by atoms with E-state index in [-0.39, 0.29) is 30.0 Å². The molecule has 1 atom stereocenters. The van der Waals surface area contributed by atoms with E-state index in [0.29, 0.717) is 12.4 Å². The number of nitrogens with zero attached hydrogens (tertiary/aromatic N) is 2. The van der Waals surface area contributed by atoms with Crippen molar-refractivity contribution < 1.29 is 4.42 Å². The largest absolute Gasteiger partial charge is 0.444 e. The molecule has 0 fully saturated rings. The lowest BCUT2D eigenvalue weighted by Crippen LogP contribution is -2.38. The molecule has 0 saturated carbocycles. The first-order chi connectivity index (χ1) is 13.1. The van der Waals surface area contributed by atoms with Crippen LogP contribution in [0.4, 0.5) is 0 Å². The number of nitrogens with one attached hydrogen (secondary N) is 2. The van der Waals surface area contributed by atoms with Crippen molar-refractivity contribution in [1.82, 2.24) is 15.6 Å². The van der Waals surface area contributed by atoms with Crippen LogP contribution in [0.5, 0.6) is 0 Å². The van der Waals surface area contributed by atoms with Crippen LogP contribution < -0.4 is 10.6 Å². The van der Waals surface area contributed by atoms with E-state index < -0.39 is 0 Å². The molecule has 3 rings (SSSR count). The number of hydrogen-bond acceptors (Lipinski definition) is 3. The Balaban J connectivity index is 0.00000280. The van der Waals surface area contributed by atoms with Crippen molar-refractivity contribution in [2.75, 3.05) is 7.05 Å². The van der Waals surface area contributed by atoms with Gasteiger partial charge in [-0.3, -0.25) is 4.99 Å². The molecule has 0 radical (unpaired) electrons. The van der Waals surface area contributed by atoms with Gasteiger partial charge in [0.15, 0.2) is 5.96 Å². The second-order valence-corrected chi connectivity index (χ2v) is 6.66. The minimum atomic E-state index is 0. The van der Waals surface area contributed by atoms with Crippen LogP contribution in [0, 0.1) is 13.8 Å². The van der Waals surface area contributed by atoms with Crippen molar-refractivity contribution in [2.24, 2.45) is 4.99 Å². The van der Waals surface area contributed by atoms with E-state index in [1.54, 1.807) is 13.3 Å². The topological polar surface area (TPSA) is 62.5 Å². The maximum absolute atomic E-state index is 5.61. The summed E-state index contributed by atoms with van der Waals surface area (Å²) in [5.41, 5.74) is 5.53. The summed E-state index contributed by atoms with van der Waals surface area (Å²) in [5, 5.41) is 6.72. The van der Waals surface area contributed by atoms with E-state index in [1.807, 2.05) is 12.1 Å². The fourth-order valence-corrected chi connectivity index (χ4v) is 2.94. The van der Waals surface area contributed by atoms with E-state index >= 15 is 0 Å². The minimum absolute atomic E-state index is 0. The highest BCUT2D eigenvalue weighted by Crippen LogP contribution is 2.19. The number of hydrogen-bond donors (Lipinski definition) is 2. The van der Waals surface area contributed by atoms with Gasteiger partial charge < -0.3 is 15.1 Å². The van der Waals surface area contributed by atoms with Crippen LogP contribution in [0.15, 0.2) is 64.2 Å². The van der Waals surface area contributed by atoms with E-state index in [9.17, 15) is 0 Å². The van der Waals surface area contributed by atoms with Gasteiger partial charge in [0.05, 0.1) is 18.3 Å². The Morgan fingerprint density at radius 3 is 2.50 bits per heavy atom. The van der Waals surface area contributed by atoms with Gasteiger partial charge in [-0.25, -0.2) is 4.98 Å². The first-order valence-corrected chi connectivity index (χ1v) is 9.11. The van der Waals surface area contributed by atoms with Crippen molar-refractivity contribution in [3.8, 4) is 11.5 Å². The molecule has 6 heteroatoms. The summed E-state index contributed by atoms with van der Waals surface area (Å²) >= 11 is 0. The van der Waals surface area contributed by atoms with Crippen LogP contribution in [0.25, 0.3) is 11.5 Å².